The van der Waals surface area contributed by atoms with Crippen LogP contribution in [0.2, 0.25) is 0 Å². The Morgan fingerprint density at radius 2 is 1.88 bits per heavy atom. The maximum absolute atomic E-state index is 10.9. The van der Waals surface area contributed by atoms with Gasteiger partial charge in [0.15, 0.2) is 0 Å². The maximum atomic E-state index is 10.9. The van der Waals surface area contributed by atoms with Crippen LogP contribution in [-0.2, 0) is 11.2 Å². The summed E-state index contributed by atoms with van der Waals surface area (Å²) in [6.07, 6.45) is 0.0458. The van der Waals surface area contributed by atoms with Crippen LogP contribution < -0.4 is 0 Å². The Labute approximate surface area is 100 Å². The van der Waals surface area contributed by atoms with E-state index in [0.717, 1.165) is 33.3 Å². The molecule has 0 unspecified atom stereocenters. The second kappa shape index (κ2) is 4.17. The third kappa shape index (κ3) is 2.13. The topological polar surface area (TPSA) is 50.2 Å². The van der Waals surface area contributed by atoms with E-state index in [9.17, 15) is 4.79 Å². The van der Waals surface area contributed by atoms with E-state index in [4.69, 9.17) is 5.11 Å². The highest BCUT2D eigenvalue weighted by Crippen LogP contribution is 2.25. The van der Waals surface area contributed by atoms with E-state index < -0.39 is 5.97 Å². The normalized spacial score (nSPS) is 10.8. The lowest BCUT2D eigenvalue weighted by Gasteiger charge is -2.10. The zero-order valence-corrected chi connectivity index (χ0v) is 10.2. The first-order valence-electron chi connectivity index (χ1n) is 5.57. The number of rotatable bonds is 2. The first-order valence-corrected chi connectivity index (χ1v) is 5.57. The quantitative estimate of drug-likeness (QED) is 0.861. The number of fused-ring (bicyclic) bond motifs is 1. The maximum Gasteiger partial charge on any atom is 0.307 e. The molecule has 1 N–H and O–H groups in total. The average Bonchev–Trinajstić information content (AvgIpc) is 2.22. The summed E-state index contributed by atoms with van der Waals surface area (Å²) in [5, 5.41) is 9.94. The fraction of sp³-hybridized carbons (Fsp3) is 0.286. The van der Waals surface area contributed by atoms with Gasteiger partial charge in [0.2, 0.25) is 0 Å². The summed E-state index contributed by atoms with van der Waals surface area (Å²) >= 11 is 0. The monoisotopic (exact) mass is 229 g/mol. The summed E-state index contributed by atoms with van der Waals surface area (Å²) < 4.78 is 0. The lowest BCUT2D eigenvalue weighted by molar-refractivity contribution is -0.136. The van der Waals surface area contributed by atoms with Crippen LogP contribution in [0, 0.1) is 20.8 Å². The number of carboxylic acid groups (broad SMARTS) is 1. The van der Waals surface area contributed by atoms with Crippen LogP contribution in [0.25, 0.3) is 10.9 Å². The van der Waals surface area contributed by atoms with Gasteiger partial charge in [-0.05, 0) is 43.5 Å². The molecule has 0 radical (unpaired) electrons. The van der Waals surface area contributed by atoms with Crippen molar-refractivity contribution in [2.45, 2.75) is 27.2 Å². The molecule has 0 aliphatic carbocycles. The molecule has 17 heavy (non-hydrogen) atoms. The lowest BCUT2D eigenvalue weighted by atomic mass is 9.98. The first kappa shape index (κ1) is 11.6. The third-order valence-electron chi connectivity index (χ3n) is 2.92. The number of carbonyl (C=O) groups is 1. The molecule has 88 valence electrons. The summed E-state index contributed by atoms with van der Waals surface area (Å²) in [7, 11) is 0. The summed E-state index contributed by atoms with van der Waals surface area (Å²) in [5.74, 6) is -0.808. The van der Waals surface area contributed by atoms with E-state index in [2.05, 4.69) is 4.98 Å². The van der Waals surface area contributed by atoms with Crippen molar-refractivity contribution in [3.8, 4) is 0 Å². The van der Waals surface area contributed by atoms with Gasteiger partial charge >= 0.3 is 5.97 Å². The van der Waals surface area contributed by atoms with E-state index in [0.29, 0.717) is 0 Å². The highest BCUT2D eigenvalue weighted by atomic mass is 16.4. The van der Waals surface area contributed by atoms with Crippen LogP contribution in [0.3, 0.4) is 0 Å². The molecule has 0 spiro atoms. The predicted molar refractivity (Wildman–Crippen MR) is 67.3 cm³/mol. The molecule has 0 saturated heterocycles. The van der Waals surface area contributed by atoms with E-state index in [-0.39, 0.29) is 6.42 Å². The van der Waals surface area contributed by atoms with Gasteiger partial charge in [-0.15, -0.1) is 0 Å². The zero-order chi connectivity index (χ0) is 12.6. The van der Waals surface area contributed by atoms with Crippen LogP contribution >= 0.6 is 0 Å². The molecule has 0 amide bonds. The molecule has 0 aliphatic rings. The molecule has 3 heteroatoms. The van der Waals surface area contributed by atoms with Crippen molar-refractivity contribution in [1.29, 1.82) is 0 Å². The van der Waals surface area contributed by atoms with E-state index in [1.54, 1.807) is 0 Å². The smallest absolute Gasteiger partial charge is 0.307 e. The fourth-order valence-corrected chi connectivity index (χ4v) is 2.18. The van der Waals surface area contributed by atoms with Gasteiger partial charge in [-0.25, -0.2) is 0 Å². The highest BCUT2D eigenvalue weighted by Gasteiger charge is 2.11. The van der Waals surface area contributed by atoms with Crippen molar-refractivity contribution in [2.75, 3.05) is 0 Å². The Bertz CT molecular complexity index is 603. The van der Waals surface area contributed by atoms with Crippen LogP contribution in [-0.4, -0.2) is 16.1 Å². The van der Waals surface area contributed by atoms with Crippen molar-refractivity contribution < 1.29 is 9.90 Å². The molecule has 1 aromatic carbocycles. The third-order valence-corrected chi connectivity index (χ3v) is 2.92. The first-order chi connectivity index (χ1) is 7.99. The van der Waals surface area contributed by atoms with Crippen LogP contribution in [0.4, 0.5) is 0 Å². The molecule has 0 fully saturated rings. The van der Waals surface area contributed by atoms with Crippen LogP contribution in [0.5, 0.6) is 0 Å². The molecule has 0 bridgehead atoms. The Morgan fingerprint density at radius 1 is 1.24 bits per heavy atom. The Balaban J connectivity index is 2.82. The summed E-state index contributed by atoms with van der Waals surface area (Å²) in [6, 6.07) is 5.90. The molecular weight excluding hydrogens is 214 g/mol. The fourth-order valence-electron chi connectivity index (χ4n) is 2.18. The van der Waals surface area contributed by atoms with Gasteiger partial charge in [0.05, 0.1) is 11.9 Å². The number of nitrogens with zero attached hydrogens (tertiary/aromatic N) is 1. The number of hydrogen-bond donors (Lipinski definition) is 1. The predicted octanol–water partition coefficient (Wildman–Crippen LogP) is 2.79. The average molecular weight is 229 g/mol. The van der Waals surface area contributed by atoms with E-state index in [1.807, 2.05) is 39.0 Å². The Kier molecular flexibility index (Phi) is 2.84. The van der Waals surface area contributed by atoms with Crippen molar-refractivity contribution >= 4 is 16.9 Å². The Morgan fingerprint density at radius 3 is 2.53 bits per heavy atom. The highest BCUT2D eigenvalue weighted by molar-refractivity contribution is 5.90. The number of aliphatic carboxylic acids is 1. The number of carboxylic acids is 1. The summed E-state index contributed by atoms with van der Waals surface area (Å²) in [4.78, 5) is 15.4. The van der Waals surface area contributed by atoms with E-state index in [1.165, 1.54) is 0 Å². The standard InChI is InChI=1S/C14H15NO2/c1-8-4-5-9(2)14-13(8)11(7-12(16)17)6-10(3)15-14/h4-6H,7H2,1-3H3,(H,16,17). The Hall–Kier alpha value is -1.90. The lowest BCUT2D eigenvalue weighted by Crippen LogP contribution is -2.03. The second-order valence-corrected chi connectivity index (χ2v) is 4.42. The van der Waals surface area contributed by atoms with Gasteiger partial charge in [0.25, 0.3) is 0 Å². The van der Waals surface area contributed by atoms with Crippen molar-refractivity contribution in [1.82, 2.24) is 4.98 Å². The minimum Gasteiger partial charge on any atom is -0.481 e. The molecule has 3 nitrogen and oxygen atoms in total. The van der Waals surface area contributed by atoms with Crippen LogP contribution in [0.1, 0.15) is 22.4 Å². The van der Waals surface area contributed by atoms with Crippen LogP contribution in [0.15, 0.2) is 18.2 Å². The molecule has 0 aliphatic heterocycles. The molecule has 2 rings (SSSR count). The number of pyridine rings is 1. The minimum atomic E-state index is -0.808. The SMILES string of the molecule is Cc1cc(CC(=O)O)c2c(C)ccc(C)c2n1. The molecule has 2 aromatic rings. The van der Waals surface area contributed by atoms with Gasteiger partial charge in [0.1, 0.15) is 0 Å². The van der Waals surface area contributed by atoms with Gasteiger partial charge in [-0.3, -0.25) is 9.78 Å². The number of aryl methyl sites for hydroxylation is 3. The van der Waals surface area contributed by atoms with E-state index >= 15 is 0 Å². The number of aromatic nitrogens is 1. The largest absolute Gasteiger partial charge is 0.481 e. The number of hydrogen-bond acceptors (Lipinski definition) is 2. The molecule has 0 atom stereocenters. The molecule has 1 heterocycles. The second-order valence-electron chi connectivity index (χ2n) is 4.42. The minimum absolute atomic E-state index is 0.0458. The van der Waals surface area contributed by atoms with Gasteiger partial charge < -0.3 is 5.11 Å². The van der Waals surface area contributed by atoms with Crippen molar-refractivity contribution in [3.05, 3.63) is 40.6 Å². The van der Waals surface area contributed by atoms with Gasteiger partial charge in [0, 0.05) is 11.1 Å². The molecular formula is C14H15NO2. The van der Waals surface area contributed by atoms with Crippen molar-refractivity contribution in [3.63, 3.8) is 0 Å². The zero-order valence-electron chi connectivity index (χ0n) is 10.2. The van der Waals surface area contributed by atoms with Gasteiger partial charge in [-0.1, -0.05) is 12.1 Å². The summed E-state index contributed by atoms with van der Waals surface area (Å²) in [5.41, 5.74) is 4.79. The molecule has 1 aromatic heterocycles. The van der Waals surface area contributed by atoms with Gasteiger partial charge in [-0.2, -0.15) is 0 Å². The summed E-state index contributed by atoms with van der Waals surface area (Å²) in [6.45, 7) is 5.88. The molecule has 0 saturated carbocycles. The van der Waals surface area contributed by atoms with Crippen molar-refractivity contribution in [2.24, 2.45) is 0 Å². The number of benzene rings is 1.